The molecule has 3 heterocycles. The molecular weight excluding hydrogens is 406 g/mol. The highest BCUT2D eigenvalue weighted by Crippen LogP contribution is 2.17. The standard InChI is InChI=1S/C26H33NO5/c28-24-18-22(19-32-26-12-6-9-17-30-26)31-20-25(24)29-16-8-3-1-2-7-14-27-15-13-21-10-4-5-11-23(21)27/h4-5,10-11,13,15,18,20,26H,1-3,6-9,12,14,16-17,19H2. The molecule has 32 heavy (non-hydrogen) atoms. The molecule has 0 aliphatic carbocycles. The minimum absolute atomic E-state index is 0.168. The first-order valence-electron chi connectivity index (χ1n) is 11.8. The van der Waals surface area contributed by atoms with Crippen LogP contribution in [0.4, 0.5) is 0 Å². The number of aryl methyl sites for hydroxylation is 1. The maximum Gasteiger partial charge on any atom is 0.227 e. The number of unbranched alkanes of at least 4 members (excludes halogenated alkanes) is 4. The monoisotopic (exact) mass is 439 g/mol. The summed E-state index contributed by atoms with van der Waals surface area (Å²) in [4.78, 5) is 12.2. The maximum atomic E-state index is 12.2. The predicted octanol–water partition coefficient (Wildman–Crippen LogP) is 5.67. The van der Waals surface area contributed by atoms with E-state index in [1.165, 1.54) is 36.1 Å². The molecule has 1 aliphatic heterocycles. The molecule has 1 unspecified atom stereocenters. The number of para-hydroxylation sites is 1. The summed E-state index contributed by atoms with van der Waals surface area (Å²) in [6, 6.07) is 12.1. The molecular formula is C26H33NO5. The van der Waals surface area contributed by atoms with Crippen molar-refractivity contribution in [3.8, 4) is 5.75 Å². The van der Waals surface area contributed by atoms with Gasteiger partial charge in [0.1, 0.15) is 18.6 Å². The molecule has 6 heteroatoms. The highest BCUT2D eigenvalue weighted by atomic mass is 16.7. The molecule has 4 rings (SSSR count). The smallest absolute Gasteiger partial charge is 0.227 e. The summed E-state index contributed by atoms with van der Waals surface area (Å²) < 4.78 is 24.6. The third-order valence-electron chi connectivity index (χ3n) is 5.88. The van der Waals surface area contributed by atoms with E-state index in [2.05, 4.69) is 41.1 Å². The first-order chi connectivity index (χ1) is 15.8. The first-order valence-corrected chi connectivity index (χ1v) is 11.8. The average Bonchev–Trinajstić information content (AvgIpc) is 3.24. The maximum absolute atomic E-state index is 12.2. The van der Waals surface area contributed by atoms with Crippen molar-refractivity contribution in [2.24, 2.45) is 0 Å². The van der Waals surface area contributed by atoms with Crippen molar-refractivity contribution < 1.29 is 18.6 Å². The lowest BCUT2D eigenvalue weighted by molar-refractivity contribution is -0.171. The normalized spacial score (nSPS) is 16.4. The number of hydrogen-bond donors (Lipinski definition) is 0. The summed E-state index contributed by atoms with van der Waals surface area (Å²) in [5.74, 6) is 0.758. The molecule has 0 spiro atoms. The Bertz CT molecular complexity index is 1020. The van der Waals surface area contributed by atoms with Crippen LogP contribution in [0.25, 0.3) is 10.9 Å². The topological polar surface area (TPSA) is 62.8 Å². The first kappa shape index (κ1) is 22.6. The van der Waals surface area contributed by atoms with Crippen molar-refractivity contribution in [2.75, 3.05) is 13.2 Å². The van der Waals surface area contributed by atoms with Crippen molar-refractivity contribution in [1.29, 1.82) is 0 Å². The Hall–Kier alpha value is -2.57. The van der Waals surface area contributed by atoms with E-state index < -0.39 is 0 Å². The summed E-state index contributed by atoms with van der Waals surface area (Å²) in [6.45, 7) is 2.54. The van der Waals surface area contributed by atoms with Gasteiger partial charge < -0.3 is 23.2 Å². The number of benzene rings is 1. The van der Waals surface area contributed by atoms with Gasteiger partial charge in [0.25, 0.3) is 0 Å². The van der Waals surface area contributed by atoms with Gasteiger partial charge in [-0.15, -0.1) is 0 Å². The minimum Gasteiger partial charge on any atom is -0.487 e. The summed E-state index contributed by atoms with van der Waals surface area (Å²) >= 11 is 0. The van der Waals surface area contributed by atoms with Crippen LogP contribution >= 0.6 is 0 Å². The van der Waals surface area contributed by atoms with Gasteiger partial charge >= 0.3 is 0 Å². The molecule has 1 saturated heterocycles. The zero-order chi connectivity index (χ0) is 22.0. The van der Waals surface area contributed by atoms with Gasteiger partial charge in [0.15, 0.2) is 6.29 Å². The molecule has 1 atom stereocenters. The average molecular weight is 440 g/mol. The molecule has 0 saturated carbocycles. The molecule has 3 aromatic rings. The van der Waals surface area contributed by atoms with E-state index in [1.807, 2.05) is 0 Å². The van der Waals surface area contributed by atoms with Crippen LogP contribution in [0.3, 0.4) is 0 Å². The second-order valence-corrected chi connectivity index (χ2v) is 8.37. The van der Waals surface area contributed by atoms with Crippen molar-refractivity contribution in [3.05, 3.63) is 64.8 Å². The molecule has 2 aromatic heterocycles. The quantitative estimate of drug-likeness (QED) is 0.340. The number of ether oxygens (including phenoxy) is 3. The van der Waals surface area contributed by atoms with Crippen LogP contribution in [0.1, 0.15) is 57.1 Å². The van der Waals surface area contributed by atoms with Gasteiger partial charge in [0.05, 0.1) is 6.61 Å². The highest BCUT2D eigenvalue weighted by Gasteiger charge is 2.15. The van der Waals surface area contributed by atoms with Crippen LogP contribution in [0.15, 0.2) is 58.1 Å². The Morgan fingerprint density at radius 3 is 2.78 bits per heavy atom. The zero-order valence-electron chi connectivity index (χ0n) is 18.7. The third kappa shape index (κ3) is 6.47. The second-order valence-electron chi connectivity index (χ2n) is 8.37. The molecule has 1 fully saturated rings. The van der Waals surface area contributed by atoms with Gasteiger partial charge in [-0.25, -0.2) is 0 Å². The summed E-state index contributed by atoms with van der Waals surface area (Å²) in [5.41, 5.74) is 1.14. The number of fused-ring (bicyclic) bond motifs is 1. The van der Waals surface area contributed by atoms with Crippen LogP contribution in [-0.2, 0) is 22.6 Å². The largest absolute Gasteiger partial charge is 0.487 e. The number of aromatic nitrogens is 1. The number of nitrogens with zero attached hydrogens (tertiary/aromatic N) is 1. The van der Waals surface area contributed by atoms with E-state index in [9.17, 15) is 4.79 Å². The van der Waals surface area contributed by atoms with E-state index in [1.54, 1.807) is 0 Å². The molecule has 0 bridgehead atoms. The van der Waals surface area contributed by atoms with Crippen LogP contribution < -0.4 is 10.2 Å². The summed E-state index contributed by atoms with van der Waals surface area (Å²) in [5, 5.41) is 1.30. The van der Waals surface area contributed by atoms with Crippen LogP contribution in [0.2, 0.25) is 0 Å². The van der Waals surface area contributed by atoms with Crippen LogP contribution in [0.5, 0.6) is 5.75 Å². The Kier molecular flexibility index (Phi) is 8.40. The summed E-state index contributed by atoms with van der Waals surface area (Å²) in [7, 11) is 0. The molecule has 0 amide bonds. The van der Waals surface area contributed by atoms with Gasteiger partial charge in [-0.2, -0.15) is 0 Å². The van der Waals surface area contributed by atoms with Gasteiger partial charge in [-0.1, -0.05) is 37.5 Å². The molecule has 6 nitrogen and oxygen atoms in total. The number of hydrogen-bond acceptors (Lipinski definition) is 5. The lowest BCUT2D eigenvalue weighted by Gasteiger charge is -2.22. The molecule has 0 radical (unpaired) electrons. The third-order valence-corrected chi connectivity index (χ3v) is 5.88. The van der Waals surface area contributed by atoms with E-state index in [0.29, 0.717) is 12.4 Å². The fourth-order valence-electron chi connectivity index (χ4n) is 4.07. The van der Waals surface area contributed by atoms with Crippen LogP contribution in [0, 0.1) is 0 Å². The van der Waals surface area contributed by atoms with E-state index in [4.69, 9.17) is 18.6 Å². The Morgan fingerprint density at radius 1 is 1.03 bits per heavy atom. The Morgan fingerprint density at radius 2 is 1.91 bits per heavy atom. The second kappa shape index (κ2) is 11.9. The minimum atomic E-state index is -0.201. The lowest BCUT2D eigenvalue weighted by atomic mass is 10.1. The van der Waals surface area contributed by atoms with E-state index >= 15 is 0 Å². The lowest BCUT2D eigenvalue weighted by Crippen LogP contribution is -2.22. The van der Waals surface area contributed by atoms with E-state index in [0.717, 1.165) is 51.7 Å². The fourth-order valence-corrected chi connectivity index (χ4v) is 4.07. The summed E-state index contributed by atoms with van der Waals surface area (Å²) in [6.07, 6.45) is 12.0. The molecule has 172 valence electrons. The highest BCUT2D eigenvalue weighted by molar-refractivity contribution is 5.79. The van der Waals surface area contributed by atoms with Crippen molar-refractivity contribution in [1.82, 2.24) is 4.57 Å². The molecule has 1 aliphatic rings. The SMILES string of the molecule is O=c1cc(COC2CCCCO2)occ1OCCCCCCCn1ccc2ccccc21. The Balaban J connectivity index is 1.08. The number of rotatable bonds is 12. The fraction of sp³-hybridized carbons (Fsp3) is 0.500. The van der Waals surface area contributed by atoms with Gasteiger partial charge in [-0.05, 0) is 49.6 Å². The molecule has 0 N–H and O–H groups in total. The molecule has 1 aromatic carbocycles. The predicted molar refractivity (Wildman–Crippen MR) is 124 cm³/mol. The van der Waals surface area contributed by atoms with Crippen molar-refractivity contribution in [3.63, 3.8) is 0 Å². The van der Waals surface area contributed by atoms with Gasteiger partial charge in [-0.3, -0.25) is 4.79 Å². The van der Waals surface area contributed by atoms with Gasteiger partial charge in [0, 0.05) is 30.9 Å². The van der Waals surface area contributed by atoms with Gasteiger partial charge in [0.2, 0.25) is 11.2 Å². The van der Waals surface area contributed by atoms with Crippen molar-refractivity contribution in [2.45, 2.75) is 70.8 Å². The zero-order valence-corrected chi connectivity index (χ0v) is 18.7. The van der Waals surface area contributed by atoms with Crippen molar-refractivity contribution >= 4 is 10.9 Å². The van der Waals surface area contributed by atoms with Crippen LogP contribution in [-0.4, -0.2) is 24.1 Å². The van der Waals surface area contributed by atoms with E-state index in [-0.39, 0.29) is 24.1 Å². The Labute approximate surface area is 189 Å².